The van der Waals surface area contributed by atoms with Gasteiger partial charge in [-0.25, -0.2) is 18.7 Å². The third-order valence-corrected chi connectivity index (χ3v) is 5.27. The molecule has 1 aliphatic rings. The fourth-order valence-electron chi connectivity index (χ4n) is 3.68. The van der Waals surface area contributed by atoms with Gasteiger partial charge in [0, 0.05) is 0 Å². The van der Waals surface area contributed by atoms with Gasteiger partial charge in [0.2, 0.25) is 0 Å². The van der Waals surface area contributed by atoms with Crippen LogP contribution in [0.5, 0.6) is 5.75 Å². The van der Waals surface area contributed by atoms with Gasteiger partial charge in [0.15, 0.2) is 0 Å². The lowest BCUT2D eigenvalue weighted by molar-refractivity contribution is -0.301. The molecule has 0 fully saturated rings. The second-order valence-corrected chi connectivity index (χ2v) is 7.29. The highest BCUT2D eigenvalue weighted by molar-refractivity contribution is 6.10. The summed E-state index contributed by atoms with van der Waals surface area (Å²) >= 11 is 0. The van der Waals surface area contributed by atoms with Gasteiger partial charge in [-0.1, -0.05) is 12.1 Å². The van der Waals surface area contributed by atoms with Gasteiger partial charge in [0.05, 0.1) is 18.4 Å². The summed E-state index contributed by atoms with van der Waals surface area (Å²) in [4.78, 5) is 29.5. The lowest BCUT2D eigenvalue weighted by atomic mass is 9.87. The second-order valence-electron chi connectivity index (χ2n) is 7.29. The molecule has 184 valence electrons. The number of nitrogens with zero attached hydrogens (tertiary/aromatic N) is 2. The van der Waals surface area contributed by atoms with E-state index in [1.807, 2.05) is 0 Å². The van der Waals surface area contributed by atoms with E-state index in [-0.39, 0.29) is 11.4 Å². The van der Waals surface area contributed by atoms with E-state index < -0.39 is 57.7 Å². The van der Waals surface area contributed by atoms with Gasteiger partial charge < -0.3 is 10.1 Å². The minimum Gasteiger partial charge on any atom is -0.497 e. The first-order chi connectivity index (χ1) is 16.3. The zero-order valence-corrected chi connectivity index (χ0v) is 17.4. The number of benzene rings is 2. The van der Waals surface area contributed by atoms with Crippen molar-refractivity contribution in [3.63, 3.8) is 0 Å². The van der Waals surface area contributed by atoms with Crippen molar-refractivity contribution in [3.05, 3.63) is 86.3 Å². The van der Waals surface area contributed by atoms with E-state index in [9.17, 15) is 40.3 Å². The number of alkyl halides is 6. The number of hydrogen-bond donors (Lipinski definition) is 2. The number of amidine groups is 1. The number of nitrogens with one attached hydrogen (secondary N) is 2. The van der Waals surface area contributed by atoms with Gasteiger partial charge in [0.1, 0.15) is 28.8 Å². The molecule has 3 aromatic rings. The zero-order chi connectivity index (χ0) is 25.8. The number of ether oxygens (including phenoxy) is 1. The molecule has 0 saturated carbocycles. The molecule has 0 atom stereocenters. The normalized spacial score (nSPS) is 15.1. The molecule has 1 aliphatic heterocycles. The van der Waals surface area contributed by atoms with Crippen molar-refractivity contribution < 1.29 is 35.5 Å². The third-order valence-electron chi connectivity index (χ3n) is 5.27. The Morgan fingerprint density at radius 2 is 1.54 bits per heavy atom. The minimum atomic E-state index is -6.21. The lowest BCUT2D eigenvalue weighted by Gasteiger charge is -2.38. The van der Waals surface area contributed by atoms with Crippen LogP contribution in [0.25, 0.3) is 5.69 Å². The molecule has 0 bridgehead atoms. The summed E-state index contributed by atoms with van der Waals surface area (Å²) in [5.74, 6) is -3.28. The van der Waals surface area contributed by atoms with Crippen molar-refractivity contribution in [1.82, 2.24) is 9.55 Å². The van der Waals surface area contributed by atoms with Crippen molar-refractivity contribution in [2.45, 2.75) is 17.9 Å². The second kappa shape index (κ2) is 7.99. The van der Waals surface area contributed by atoms with Crippen LogP contribution >= 0.6 is 0 Å². The molecule has 0 saturated heterocycles. The van der Waals surface area contributed by atoms with Crippen LogP contribution in [0.4, 0.5) is 36.6 Å². The molecule has 1 aromatic heterocycles. The van der Waals surface area contributed by atoms with Crippen molar-refractivity contribution >= 4 is 11.7 Å². The summed E-state index contributed by atoms with van der Waals surface area (Å²) in [6.45, 7) is 0. The average molecular weight is 502 g/mol. The number of methoxy groups -OCH3 is 1. The lowest BCUT2D eigenvalue weighted by Crippen LogP contribution is -2.59. The highest BCUT2D eigenvalue weighted by Gasteiger charge is 2.75. The molecule has 0 spiro atoms. The van der Waals surface area contributed by atoms with Crippen molar-refractivity contribution in [2.24, 2.45) is 4.99 Å². The molecule has 7 nitrogen and oxygen atoms in total. The Balaban J connectivity index is 2.17. The summed E-state index contributed by atoms with van der Waals surface area (Å²) in [6, 6.07) is 8.92. The molecule has 2 aromatic carbocycles. The van der Waals surface area contributed by atoms with E-state index in [1.54, 1.807) is 0 Å². The van der Waals surface area contributed by atoms with Crippen molar-refractivity contribution in [1.29, 1.82) is 0 Å². The standard InChI is InChI=1S/C21H13F7N4O3/c1-35-11-8-6-10(7-9-11)32-16-14(17(33)30-18(32)34)19(20(23,24)25,21(26,27)28)31-15(29-16)12-4-2-3-5-13(12)22/h2-9H,1H3,(H,29,31)(H,30,33,34). The molecule has 0 aliphatic carbocycles. The number of anilines is 1. The van der Waals surface area contributed by atoms with Crippen molar-refractivity contribution in [3.8, 4) is 11.4 Å². The van der Waals surface area contributed by atoms with Crippen LogP contribution in [0.1, 0.15) is 11.1 Å². The molecule has 14 heteroatoms. The molecule has 0 unspecified atom stereocenters. The first-order valence-corrected chi connectivity index (χ1v) is 9.61. The average Bonchev–Trinajstić information content (AvgIpc) is 2.77. The summed E-state index contributed by atoms with van der Waals surface area (Å²) in [5, 5.41) is 2.15. The van der Waals surface area contributed by atoms with Crippen LogP contribution in [-0.2, 0) is 5.54 Å². The van der Waals surface area contributed by atoms with Crippen LogP contribution < -0.4 is 21.3 Å². The highest BCUT2D eigenvalue weighted by Crippen LogP contribution is 2.55. The van der Waals surface area contributed by atoms with Crippen molar-refractivity contribution in [2.75, 3.05) is 12.4 Å². The Morgan fingerprint density at radius 1 is 0.943 bits per heavy atom. The smallest absolute Gasteiger partial charge is 0.427 e. The largest absolute Gasteiger partial charge is 0.497 e. The van der Waals surface area contributed by atoms with E-state index in [2.05, 4.69) is 10.3 Å². The van der Waals surface area contributed by atoms with E-state index in [4.69, 9.17) is 4.74 Å². The van der Waals surface area contributed by atoms with Crippen LogP contribution in [-0.4, -0.2) is 34.8 Å². The maximum absolute atomic E-state index is 14.4. The summed E-state index contributed by atoms with van der Waals surface area (Å²) in [5.41, 5.74) is -11.3. The van der Waals surface area contributed by atoms with Crippen LogP contribution in [0.3, 0.4) is 0 Å². The predicted molar refractivity (Wildman–Crippen MR) is 110 cm³/mol. The van der Waals surface area contributed by atoms with Crippen LogP contribution in [0, 0.1) is 5.82 Å². The number of H-pyrrole nitrogens is 1. The van der Waals surface area contributed by atoms with Gasteiger partial charge in [-0.15, -0.1) is 0 Å². The Kier molecular flexibility index (Phi) is 5.49. The van der Waals surface area contributed by atoms with Gasteiger partial charge >= 0.3 is 18.0 Å². The number of hydrogen-bond acceptors (Lipinski definition) is 5. The predicted octanol–water partition coefficient (Wildman–Crippen LogP) is 3.87. The number of halogens is 7. The fourth-order valence-corrected chi connectivity index (χ4v) is 3.68. The van der Waals surface area contributed by atoms with Gasteiger partial charge in [0.25, 0.3) is 11.1 Å². The minimum absolute atomic E-state index is 0.219. The van der Waals surface area contributed by atoms with E-state index in [0.717, 1.165) is 36.4 Å². The van der Waals surface area contributed by atoms with E-state index in [0.29, 0.717) is 4.57 Å². The highest BCUT2D eigenvalue weighted by atomic mass is 19.4. The summed E-state index contributed by atoms with van der Waals surface area (Å²) < 4.78 is 105. The Bertz CT molecular complexity index is 1420. The molecule has 0 amide bonds. The van der Waals surface area contributed by atoms with Gasteiger partial charge in [-0.2, -0.15) is 26.3 Å². The molecule has 35 heavy (non-hydrogen) atoms. The van der Waals surface area contributed by atoms with E-state index in [1.165, 1.54) is 24.2 Å². The monoisotopic (exact) mass is 502 g/mol. The molecular weight excluding hydrogens is 489 g/mol. The fraction of sp³-hybridized carbons (Fsp3) is 0.190. The topological polar surface area (TPSA) is 88.5 Å². The third kappa shape index (κ3) is 3.65. The van der Waals surface area contributed by atoms with E-state index >= 15 is 0 Å². The first-order valence-electron chi connectivity index (χ1n) is 9.61. The molecule has 2 N–H and O–H groups in total. The number of fused-ring (bicyclic) bond motifs is 1. The number of aromatic amines is 1. The number of aromatic nitrogens is 2. The summed E-state index contributed by atoms with van der Waals surface area (Å²) in [7, 11) is 1.31. The first kappa shape index (κ1) is 24.0. The number of aliphatic imine (C=N–C) groups is 1. The molecule has 0 radical (unpaired) electrons. The Morgan fingerprint density at radius 3 is 2.09 bits per heavy atom. The Labute approximate surface area is 190 Å². The number of rotatable bonds is 3. The van der Waals surface area contributed by atoms with Gasteiger partial charge in [-0.3, -0.25) is 9.78 Å². The maximum Gasteiger partial charge on any atom is 0.427 e. The van der Waals surface area contributed by atoms with Crippen LogP contribution in [0.2, 0.25) is 0 Å². The SMILES string of the molecule is COc1ccc(-n2c3c(c(=O)[nH]c2=O)C(C(F)(F)F)(C(F)(F)F)N=C(c2ccccc2F)N3)cc1. The summed E-state index contributed by atoms with van der Waals surface area (Å²) in [6.07, 6.45) is -12.4. The van der Waals surface area contributed by atoms with Gasteiger partial charge in [-0.05, 0) is 36.4 Å². The molecular formula is C21H13F7N4O3. The quantitative estimate of drug-likeness (QED) is 0.533. The van der Waals surface area contributed by atoms with Crippen LogP contribution in [0.15, 0.2) is 63.1 Å². The molecule has 2 heterocycles. The Hall–Kier alpha value is -4.10. The zero-order valence-electron chi connectivity index (χ0n) is 17.4. The molecule has 4 rings (SSSR count). The maximum atomic E-state index is 14.4.